The molecule has 0 N–H and O–H groups in total. The molecule has 1 atom stereocenters. The first-order valence-corrected chi connectivity index (χ1v) is 6.90. The summed E-state index contributed by atoms with van der Waals surface area (Å²) in [5.74, 6) is 0.275. The van der Waals surface area contributed by atoms with E-state index in [9.17, 15) is 9.59 Å². The minimum absolute atomic E-state index is 0.101. The Balaban J connectivity index is 2.93. The van der Waals surface area contributed by atoms with E-state index in [1.807, 2.05) is 13.8 Å². The number of carbonyl (C=O) groups is 2. The van der Waals surface area contributed by atoms with Gasteiger partial charge in [0.25, 0.3) is 5.91 Å². The number of thiol groups is 1. The lowest BCUT2D eigenvalue weighted by molar-refractivity contribution is -0.131. The number of imide groups is 1. The molecule has 1 unspecified atom stereocenters. The van der Waals surface area contributed by atoms with Gasteiger partial charge in [-0.05, 0) is 19.8 Å². The lowest BCUT2D eigenvalue weighted by atomic mass is 10.0. The molecule has 4 nitrogen and oxygen atoms in total. The van der Waals surface area contributed by atoms with Gasteiger partial charge in [0, 0.05) is 18.8 Å². The summed E-state index contributed by atoms with van der Waals surface area (Å²) in [6.45, 7) is 6.99. The fourth-order valence-corrected chi connectivity index (χ4v) is 2.39. The van der Waals surface area contributed by atoms with Gasteiger partial charge < -0.3 is 4.90 Å². The molecule has 0 bridgehead atoms. The summed E-state index contributed by atoms with van der Waals surface area (Å²) in [6, 6.07) is -0.151. The predicted octanol–water partition coefficient (Wildman–Crippen LogP) is 2.15. The van der Waals surface area contributed by atoms with Crippen LogP contribution in [-0.2, 0) is 4.79 Å². The maximum absolute atomic E-state index is 12.2. The van der Waals surface area contributed by atoms with Gasteiger partial charge in [-0.2, -0.15) is 12.6 Å². The van der Waals surface area contributed by atoms with Crippen LogP contribution >= 0.6 is 12.6 Å². The minimum Gasteiger partial charge on any atom is -0.309 e. The van der Waals surface area contributed by atoms with E-state index in [-0.39, 0.29) is 11.9 Å². The highest BCUT2D eigenvalue weighted by atomic mass is 32.1. The third-order valence-corrected chi connectivity index (χ3v) is 3.87. The average Bonchev–Trinajstić information content (AvgIpc) is 2.50. The number of carbonyl (C=O) groups excluding carboxylic acids is 2. The molecule has 0 aromatic rings. The first-order chi connectivity index (χ1) is 8.02. The van der Waals surface area contributed by atoms with Gasteiger partial charge >= 0.3 is 6.03 Å². The highest BCUT2D eigenvalue weighted by molar-refractivity contribution is 7.80. The molecular formula is C12H22N2O2S. The molecular weight excluding hydrogens is 236 g/mol. The van der Waals surface area contributed by atoms with Crippen LogP contribution in [0.3, 0.4) is 0 Å². The lowest BCUT2D eigenvalue weighted by Gasteiger charge is -2.30. The van der Waals surface area contributed by atoms with Crippen molar-refractivity contribution in [1.82, 2.24) is 9.80 Å². The van der Waals surface area contributed by atoms with Crippen LogP contribution in [0.4, 0.5) is 4.79 Å². The Labute approximate surface area is 109 Å². The lowest BCUT2D eigenvalue weighted by Crippen LogP contribution is -2.49. The molecule has 1 aliphatic rings. The van der Waals surface area contributed by atoms with E-state index < -0.39 is 5.54 Å². The van der Waals surface area contributed by atoms with Crippen molar-refractivity contribution < 1.29 is 9.59 Å². The van der Waals surface area contributed by atoms with Crippen LogP contribution in [0.25, 0.3) is 0 Å². The van der Waals surface area contributed by atoms with Gasteiger partial charge in [0.1, 0.15) is 5.54 Å². The molecule has 0 saturated carbocycles. The zero-order chi connectivity index (χ0) is 13.1. The van der Waals surface area contributed by atoms with E-state index in [0.29, 0.717) is 18.8 Å². The SMILES string of the molecule is CCCCN1C(=O)N(CCC)C(=O)C1(C)CS. The molecule has 98 valence electrons. The van der Waals surface area contributed by atoms with E-state index in [1.165, 1.54) is 4.90 Å². The molecule has 0 aromatic heterocycles. The van der Waals surface area contributed by atoms with Crippen molar-refractivity contribution >= 4 is 24.6 Å². The van der Waals surface area contributed by atoms with Gasteiger partial charge in [0.05, 0.1) is 0 Å². The smallest absolute Gasteiger partial charge is 0.309 e. The van der Waals surface area contributed by atoms with Gasteiger partial charge in [0.2, 0.25) is 0 Å². The second-order valence-electron chi connectivity index (χ2n) is 4.68. The second-order valence-corrected chi connectivity index (χ2v) is 4.99. The topological polar surface area (TPSA) is 40.6 Å². The maximum atomic E-state index is 12.2. The van der Waals surface area contributed by atoms with Crippen molar-refractivity contribution in [2.24, 2.45) is 0 Å². The van der Waals surface area contributed by atoms with Crippen molar-refractivity contribution in [3.05, 3.63) is 0 Å². The molecule has 3 amide bonds. The van der Waals surface area contributed by atoms with Gasteiger partial charge in [-0.3, -0.25) is 9.69 Å². The fraction of sp³-hybridized carbons (Fsp3) is 0.833. The van der Waals surface area contributed by atoms with Crippen LogP contribution in [0.2, 0.25) is 0 Å². The number of unbranched alkanes of at least 4 members (excludes halogenated alkanes) is 1. The highest BCUT2D eigenvalue weighted by Crippen LogP contribution is 2.29. The highest BCUT2D eigenvalue weighted by Gasteiger charge is 2.52. The number of urea groups is 1. The van der Waals surface area contributed by atoms with Gasteiger partial charge in [-0.15, -0.1) is 0 Å². The van der Waals surface area contributed by atoms with Crippen LogP contribution in [0.5, 0.6) is 0 Å². The summed E-state index contributed by atoms with van der Waals surface area (Å²) in [7, 11) is 0. The Kier molecular flexibility index (Phi) is 4.86. The van der Waals surface area contributed by atoms with E-state index in [0.717, 1.165) is 19.3 Å². The zero-order valence-electron chi connectivity index (χ0n) is 10.9. The zero-order valence-corrected chi connectivity index (χ0v) is 11.8. The van der Waals surface area contributed by atoms with Crippen molar-refractivity contribution in [3.8, 4) is 0 Å². The molecule has 1 rings (SSSR count). The molecule has 0 aliphatic carbocycles. The van der Waals surface area contributed by atoms with Crippen LogP contribution in [0.15, 0.2) is 0 Å². The maximum Gasteiger partial charge on any atom is 0.327 e. The fourth-order valence-electron chi connectivity index (χ4n) is 2.08. The Morgan fingerprint density at radius 1 is 1.18 bits per heavy atom. The molecule has 1 fully saturated rings. The van der Waals surface area contributed by atoms with Crippen LogP contribution in [0, 0.1) is 0 Å². The Bertz CT molecular complexity index is 309. The molecule has 0 aromatic carbocycles. The minimum atomic E-state index is -0.759. The van der Waals surface area contributed by atoms with E-state index in [1.54, 1.807) is 4.90 Å². The molecule has 5 heteroatoms. The first-order valence-electron chi connectivity index (χ1n) is 6.27. The van der Waals surface area contributed by atoms with Crippen molar-refractivity contribution in [1.29, 1.82) is 0 Å². The number of hydrogen-bond donors (Lipinski definition) is 1. The molecule has 1 saturated heterocycles. The van der Waals surface area contributed by atoms with Crippen LogP contribution < -0.4 is 0 Å². The van der Waals surface area contributed by atoms with Crippen LogP contribution in [-0.4, -0.2) is 46.1 Å². The molecule has 1 aliphatic heterocycles. The first kappa shape index (κ1) is 14.4. The monoisotopic (exact) mass is 258 g/mol. The summed E-state index contributed by atoms with van der Waals surface area (Å²) in [6.07, 6.45) is 2.72. The third-order valence-electron chi connectivity index (χ3n) is 3.25. The number of nitrogens with zero attached hydrogens (tertiary/aromatic N) is 2. The second kappa shape index (κ2) is 5.76. The molecule has 17 heavy (non-hydrogen) atoms. The molecule has 0 spiro atoms. The Morgan fingerprint density at radius 3 is 2.29 bits per heavy atom. The number of amides is 3. The van der Waals surface area contributed by atoms with Gasteiger partial charge in [-0.25, -0.2) is 4.79 Å². The summed E-state index contributed by atoms with van der Waals surface area (Å²) >= 11 is 4.25. The van der Waals surface area contributed by atoms with Crippen molar-refractivity contribution in [2.75, 3.05) is 18.8 Å². The van der Waals surface area contributed by atoms with Crippen molar-refractivity contribution in [2.45, 2.75) is 45.6 Å². The number of rotatable bonds is 6. The third kappa shape index (κ3) is 2.44. The van der Waals surface area contributed by atoms with Crippen molar-refractivity contribution in [3.63, 3.8) is 0 Å². The molecule has 0 radical (unpaired) electrons. The normalized spacial score (nSPS) is 24.9. The van der Waals surface area contributed by atoms with Gasteiger partial charge in [0.15, 0.2) is 0 Å². The Morgan fingerprint density at radius 2 is 1.82 bits per heavy atom. The van der Waals surface area contributed by atoms with E-state index >= 15 is 0 Å². The van der Waals surface area contributed by atoms with Crippen LogP contribution in [0.1, 0.15) is 40.0 Å². The average molecular weight is 258 g/mol. The predicted molar refractivity (Wildman–Crippen MR) is 71.3 cm³/mol. The number of hydrogen-bond acceptors (Lipinski definition) is 3. The van der Waals surface area contributed by atoms with Gasteiger partial charge in [-0.1, -0.05) is 20.3 Å². The Hall–Kier alpha value is -0.710. The quantitative estimate of drug-likeness (QED) is 0.586. The largest absolute Gasteiger partial charge is 0.327 e. The summed E-state index contributed by atoms with van der Waals surface area (Å²) in [5.41, 5.74) is -0.759. The summed E-state index contributed by atoms with van der Waals surface area (Å²) in [5, 5.41) is 0. The van der Waals surface area contributed by atoms with E-state index in [2.05, 4.69) is 19.6 Å². The summed E-state index contributed by atoms with van der Waals surface area (Å²) < 4.78 is 0. The standard InChI is InChI=1S/C12H22N2O2S/c1-4-6-8-14-11(16)13(7-5-2)10(15)12(14,3)9-17/h17H,4-9H2,1-3H3. The van der Waals surface area contributed by atoms with E-state index in [4.69, 9.17) is 0 Å². The summed E-state index contributed by atoms with van der Waals surface area (Å²) in [4.78, 5) is 27.5. The molecule has 1 heterocycles.